The Morgan fingerprint density at radius 3 is 3.00 bits per heavy atom. The number of benzene rings is 1. The fraction of sp³-hybridized carbons (Fsp3) is 0.294. The van der Waals surface area contributed by atoms with E-state index in [-0.39, 0.29) is 6.09 Å². The van der Waals surface area contributed by atoms with Gasteiger partial charge in [0.2, 0.25) is 0 Å². The van der Waals surface area contributed by atoms with Crippen LogP contribution in [0, 0.1) is 4.77 Å². The number of anilines is 1. The number of nitrogens with zero attached hydrogens (tertiary/aromatic N) is 1. The van der Waals surface area contributed by atoms with E-state index in [1.54, 1.807) is 4.90 Å². The number of amides is 1. The van der Waals surface area contributed by atoms with Crippen molar-refractivity contribution in [3.8, 4) is 5.75 Å². The molecule has 1 aromatic carbocycles. The number of aromatic amines is 2. The van der Waals surface area contributed by atoms with Crippen LogP contribution in [0.1, 0.15) is 24.6 Å². The highest BCUT2D eigenvalue weighted by Gasteiger charge is 2.20. The molecule has 0 atom stereocenters. The smallest absolute Gasteiger partial charge is 0.413 e. The highest BCUT2D eigenvalue weighted by atomic mass is 32.1. The SMILES string of the molecule is CCN(C(=O)OC)c1ccc2c(c1)/C(=C/c1c[nH]c(=S)[nH]1)CCO2. The van der Waals surface area contributed by atoms with Crippen molar-refractivity contribution in [2.75, 3.05) is 25.2 Å². The highest BCUT2D eigenvalue weighted by molar-refractivity contribution is 7.71. The number of ether oxygens (including phenoxy) is 2. The maximum absolute atomic E-state index is 11.9. The number of fused-ring (bicyclic) bond motifs is 1. The van der Waals surface area contributed by atoms with Gasteiger partial charge in [-0.05, 0) is 49.0 Å². The number of aromatic nitrogens is 2. The van der Waals surface area contributed by atoms with E-state index in [0.29, 0.717) is 17.9 Å². The summed E-state index contributed by atoms with van der Waals surface area (Å²) in [7, 11) is 1.38. The van der Waals surface area contributed by atoms with Gasteiger partial charge in [0.25, 0.3) is 0 Å². The summed E-state index contributed by atoms with van der Waals surface area (Å²) in [5.41, 5.74) is 3.79. The molecule has 2 aromatic rings. The van der Waals surface area contributed by atoms with Crippen molar-refractivity contribution in [3.63, 3.8) is 0 Å². The fourth-order valence-corrected chi connectivity index (χ4v) is 2.93. The average Bonchev–Trinajstić information content (AvgIpc) is 3.00. The lowest BCUT2D eigenvalue weighted by Crippen LogP contribution is -2.30. The molecule has 0 unspecified atom stereocenters. The van der Waals surface area contributed by atoms with Gasteiger partial charge in [-0.25, -0.2) is 4.79 Å². The first-order valence-electron chi connectivity index (χ1n) is 7.73. The molecule has 0 aliphatic carbocycles. The first kappa shape index (κ1) is 16.3. The molecule has 1 aliphatic heterocycles. The Balaban J connectivity index is 2.02. The predicted molar refractivity (Wildman–Crippen MR) is 95.8 cm³/mol. The first-order valence-corrected chi connectivity index (χ1v) is 8.14. The van der Waals surface area contributed by atoms with Gasteiger partial charge < -0.3 is 19.4 Å². The lowest BCUT2D eigenvalue weighted by molar-refractivity contribution is 0.179. The van der Waals surface area contributed by atoms with E-state index in [1.807, 2.05) is 37.4 Å². The second-order valence-electron chi connectivity index (χ2n) is 5.36. The number of hydrogen-bond acceptors (Lipinski definition) is 4. The molecule has 2 N–H and O–H groups in total. The van der Waals surface area contributed by atoms with Crippen molar-refractivity contribution in [2.45, 2.75) is 13.3 Å². The van der Waals surface area contributed by atoms with Crippen LogP contribution in [0.2, 0.25) is 0 Å². The van der Waals surface area contributed by atoms with Crippen molar-refractivity contribution < 1.29 is 14.3 Å². The quantitative estimate of drug-likeness (QED) is 0.825. The molecular weight excluding hydrogens is 326 g/mol. The third-order valence-corrected chi connectivity index (χ3v) is 4.13. The van der Waals surface area contributed by atoms with Crippen LogP contribution in [0.3, 0.4) is 0 Å². The minimum Gasteiger partial charge on any atom is -0.493 e. The largest absolute Gasteiger partial charge is 0.493 e. The number of rotatable bonds is 3. The second-order valence-corrected chi connectivity index (χ2v) is 5.77. The first-order chi connectivity index (χ1) is 11.6. The van der Waals surface area contributed by atoms with Gasteiger partial charge in [-0.1, -0.05) is 0 Å². The lowest BCUT2D eigenvalue weighted by atomic mass is 9.98. The van der Waals surface area contributed by atoms with E-state index in [9.17, 15) is 4.79 Å². The highest BCUT2D eigenvalue weighted by Crippen LogP contribution is 2.36. The van der Waals surface area contributed by atoms with Gasteiger partial charge in [0.05, 0.1) is 19.4 Å². The molecule has 0 fully saturated rings. The summed E-state index contributed by atoms with van der Waals surface area (Å²) in [5.74, 6) is 0.811. The van der Waals surface area contributed by atoms with Gasteiger partial charge in [0.1, 0.15) is 5.75 Å². The van der Waals surface area contributed by atoms with Crippen molar-refractivity contribution in [3.05, 3.63) is 40.4 Å². The molecule has 0 saturated heterocycles. The molecule has 6 nitrogen and oxygen atoms in total. The van der Waals surface area contributed by atoms with Crippen molar-refractivity contribution in [2.24, 2.45) is 0 Å². The summed E-state index contributed by atoms with van der Waals surface area (Å²) < 4.78 is 11.2. The Morgan fingerprint density at radius 1 is 1.50 bits per heavy atom. The Kier molecular flexibility index (Phi) is 4.71. The molecule has 2 heterocycles. The zero-order valence-electron chi connectivity index (χ0n) is 13.6. The third-order valence-electron chi connectivity index (χ3n) is 3.91. The molecule has 126 valence electrons. The molecule has 0 bridgehead atoms. The summed E-state index contributed by atoms with van der Waals surface area (Å²) in [6, 6.07) is 5.72. The fourth-order valence-electron chi connectivity index (χ4n) is 2.76. The van der Waals surface area contributed by atoms with Crippen LogP contribution < -0.4 is 9.64 Å². The Labute approximate surface area is 145 Å². The lowest BCUT2D eigenvalue weighted by Gasteiger charge is -2.24. The number of carbonyl (C=O) groups is 1. The summed E-state index contributed by atoms with van der Waals surface area (Å²) >= 11 is 5.07. The van der Waals surface area contributed by atoms with Crippen LogP contribution in [-0.4, -0.2) is 36.3 Å². The molecule has 0 saturated carbocycles. The number of nitrogens with one attached hydrogen (secondary N) is 2. The number of imidazole rings is 1. The van der Waals surface area contributed by atoms with E-state index in [0.717, 1.165) is 34.7 Å². The van der Waals surface area contributed by atoms with Crippen LogP contribution in [0.4, 0.5) is 10.5 Å². The number of carbonyl (C=O) groups excluding carboxylic acids is 1. The van der Waals surface area contributed by atoms with Crippen molar-refractivity contribution in [1.29, 1.82) is 0 Å². The van der Waals surface area contributed by atoms with Crippen molar-refractivity contribution >= 4 is 35.6 Å². The maximum atomic E-state index is 11.9. The zero-order chi connectivity index (χ0) is 17.1. The molecule has 7 heteroatoms. The minimum absolute atomic E-state index is 0.380. The van der Waals surface area contributed by atoms with Gasteiger partial charge in [-0.15, -0.1) is 0 Å². The van der Waals surface area contributed by atoms with Gasteiger partial charge in [-0.3, -0.25) is 4.90 Å². The van der Waals surface area contributed by atoms with E-state index < -0.39 is 0 Å². The zero-order valence-corrected chi connectivity index (χ0v) is 14.4. The number of hydrogen-bond donors (Lipinski definition) is 2. The summed E-state index contributed by atoms with van der Waals surface area (Å²) in [6.07, 6.45) is 4.29. The van der Waals surface area contributed by atoms with Crippen LogP contribution >= 0.6 is 12.2 Å². The summed E-state index contributed by atoms with van der Waals surface area (Å²) in [4.78, 5) is 19.5. The molecule has 0 spiro atoms. The summed E-state index contributed by atoms with van der Waals surface area (Å²) in [5, 5.41) is 0. The molecule has 24 heavy (non-hydrogen) atoms. The van der Waals surface area contributed by atoms with Crippen molar-refractivity contribution in [1.82, 2.24) is 9.97 Å². The van der Waals surface area contributed by atoms with E-state index in [1.165, 1.54) is 7.11 Å². The Morgan fingerprint density at radius 2 is 2.33 bits per heavy atom. The van der Waals surface area contributed by atoms with E-state index in [4.69, 9.17) is 21.7 Å². The number of H-pyrrole nitrogens is 2. The molecular formula is C17H19N3O3S. The molecule has 1 amide bonds. The van der Waals surface area contributed by atoms with Crippen LogP contribution in [0.15, 0.2) is 24.4 Å². The molecule has 1 aliphatic rings. The van der Waals surface area contributed by atoms with Gasteiger partial charge >= 0.3 is 6.09 Å². The normalized spacial score (nSPS) is 14.8. The monoisotopic (exact) mass is 345 g/mol. The second kappa shape index (κ2) is 6.92. The van der Waals surface area contributed by atoms with Gasteiger partial charge in [0, 0.05) is 30.4 Å². The van der Waals surface area contributed by atoms with Crippen LogP contribution in [-0.2, 0) is 4.74 Å². The predicted octanol–water partition coefficient (Wildman–Crippen LogP) is 3.99. The van der Waals surface area contributed by atoms with E-state index in [2.05, 4.69) is 9.97 Å². The maximum Gasteiger partial charge on any atom is 0.413 e. The third kappa shape index (κ3) is 3.21. The Hall–Kier alpha value is -2.54. The minimum atomic E-state index is -0.380. The van der Waals surface area contributed by atoms with Crippen LogP contribution in [0.25, 0.3) is 11.6 Å². The van der Waals surface area contributed by atoms with Gasteiger partial charge in [0.15, 0.2) is 4.77 Å². The molecule has 3 rings (SSSR count). The topological polar surface area (TPSA) is 70.3 Å². The number of methoxy groups -OCH3 is 1. The van der Waals surface area contributed by atoms with Crippen LogP contribution in [0.5, 0.6) is 5.75 Å². The molecule has 0 radical (unpaired) electrons. The Bertz CT molecular complexity index is 838. The standard InChI is InChI=1S/C17H19N3O3S/c1-3-20(17(21)22-2)13-4-5-15-14(9-13)11(6-7-23-15)8-12-10-18-16(24)19-12/h4-5,8-10H,3,6-7H2,1-2H3,(H2,18,19,24)/b11-8+. The van der Waals surface area contributed by atoms with E-state index >= 15 is 0 Å². The summed E-state index contributed by atoms with van der Waals surface area (Å²) in [6.45, 7) is 3.05. The molecule has 1 aromatic heterocycles. The average molecular weight is 345 g/mol. The van der Waals surface area contributed by atoms with Gasteiger partial charge in [-0.2, -0.15) is 0 Å².